The summed E-state index contributed by atoms with van der Waals surface area (Å²) in [6.45, 7) is 3.80. The third kappa shape index (κ3) is 4.72. The van der Waals surface area contributed by atoms with Crippen molar-refractivity contribution < 1.29 is 18.8 Å². The van der Waals surface area contributed by atoms with Gasteiger partial charge in [-0.25, -0.2) is 4.98 Å². The molecule has 0 aliphatic rings. The summed E-state index contributed by atoms with van der Waals surface area (Å²) in [5.74, 6) is 1.68. The lowest BCUT2D eigenvalue weighted by Crippen LogP contribution is -2.13. The number of amides is 1. The van der Waals surface area contributed by atoms with Crippen LogP contribution < -0.4 is 14.8 Å². The van der Waals surface area contributed by atoms with E-state index in [0.717, 1.165) is 22.6 Å². The Bertz CT molecular complexity index is 1220. The zero-order valence-corrected chi connectivity index (χ0v) is 18.0. The van der Waals surface area contributed by atoms with Gasteiger partial charge in [0.1, 0.15) is 11.5 Å². The number of benzene rings is 2. The Balaban J connectivity index is 1.50. The molecule has 2 aromatic carbocycles. The van der Waals surface area contributed by atoms with E-state index in [-0.39, 0.29) is 12.5 Å². The lowest BCUT2D eigenvalue weighted by Gasteiger charge is -2.09. The van der Waals surface area contributed by atoms with Gasteiger partial charge in [-0.1, -0.05) is 28.9 Å². The molecular weight excluding hydrogens is 416 g/mol. The number of para-hydroxylation sites is 1. The van der Waals surface area contributed by atoms with Crippen molar-refractivity contribution in [1.82, 2.24) is 15.1 Å². The topological polar surface area (TPSA) is 99.4 Å². The highest BCUT2D eigenvalue weighted by Gasteiger charge is 2.16. The van der Waals surface area contributed by atoms with Crippen LogP contribution in [0.5, 0.6) is 11.5 Å². The number of aryl methyl sites for hydroxylation is 2. The number of rotatable bonds is 7. The van der Waals surface area contributed by atoms with E-state index in [1.165, 1.54) is 11.3 Å². The first-order valence-electron chi connectivity index (χ1n) is 9.46. The van der Waals surface area contributed by atoms with Crippen LogP contribution in [0.25, 0.3) is 11.3 Å². The van der Waals surface area contributed by atoms with E-state index >= 15 is 0 Å². The highest BCUT2D eigenvalue weighted by molar-refractivity contribution is 7.14. The fourth-order valence-electron chi connectivity index (χ4n) is 2.96. The number of anilines is 1. The third-order valence-corrected chi connectivity index (χ3v) is 5.17. The van der Waals surface area contributed by atoms with Crippen LogP contribution in [0.3, 0.4) is 0 Å². The molecule has 0 radical (unpaired) electrons. The molecular formula is C22H20N4O4S. The molecule has 8 nitrogen and oxygen atoms in total. The Morgan fingerprint density at radius 2 is 1.97 bits per heavy atom. The summed E-state index contributed by atoms with van der Waals surface area (Å²) >= 11 is 1.34. The van der Waals surface area contributed by atoms with Crippen molar-refractivity contribution in [2.75, 3.05) is 12.4 Å². The number of ether oxygens (including phenoxy) is 2. The van der Waals surface area contributed by atoms with E-state index < -0.39 is 0 Å². The van der Waals surface area contributed by atoms with Crippen molar-refractivity contribution in [2.24, 2.45) is 0 Å². The molecule has 0 unspecified atom stereocenters. The molecule has 1 N–H and O–H groups in total. The summed E-state index contributed by atoms with van der Waals surface area (Å²) in [4.78, 5) is 21.5. The Hall–Kier alpha value is -3.72. The molecule has 4 aromatic rings. The van der Waals surface area contributed by atoms with Crippen LogP contribution in [0, 0.1) is 13.8 Å². The zero-order valence-electron chi connectivity index (χ0n) is 17.2. The number of hydrogen-bond donors (Lipinski definition) is 1. The second-order valence-corrected chi connectivity index (χ2v) is 7.57. The summed E-state index contributed by atoms with van der Waals surface area (Å²) in [6, 6.07) is 12.8. The van der Waals surface area contributed by atoms with Gasteiger partial charge in [-0.2, -0.15) is 4.98 Å². The van der Waals surface area contributed by atoms with Gasteiger partial charge in [0.15, 0.2) is 11.7 Å². The Kier molecular flexibility index (Phi) is 5.94. The van der Waals surface area contributed by atoms with Crippen molar-refractivity contribution in [3.05, 3.63) is 70.7 Å². The summed E-state index contributed by atoms with van der Waals surface area (Å²) in [5, 5.41) is 9.00. The van der Waals surface area contributed by atoms with Crippen molar-refractivity contribution in [2.45, 2.75) is 20.5 Å². The first-order valence-corrected chi connectivity index (χ1v) is 10.3. The predicted octanol–water partition coefficient (Wildman–Crippen LogP) is 4.65. The quantitative estimate of drug-likeness (QED) is 0.450. The van der Waals surface area contributed by atoms with Gasteiger partial charge in [-0.3, -0.25) is 10.1 Å². The number of carbonyl (C=O) groups is 1. The molecule has 0 spiro atoms. The number of hydrogen-bond acceptors (Lipinski definition) is 8. The maximum absolute atomic E-state index is 12.9. The maximum atomic E-state index is 12.9. The predicted molar refractivity (Wildman–Crippen MR) is 117 cm³/mol. The number of carbonyl (C=O) groups excluding carboxylic acids is 1. The van der Waals surface area contributed by atoms with E-state index in [2.05, 4.69) is 20.4 Å². The summed E-state index contributed by atoms with van der Waals surface area (Å²) in [6.07, 6.45) is 0. The smallest absolute Gasteiger partial charge is 0.261 e. The molecule has 0 aliphatic carbocycles. The van der Waals surface area contributed by atoms with Gasteiger partial charge in [0, 0.05) is 17.9 Å². The summed E-state index contributed by atoms with van der Waals surface area (Å²) in [5.41, 5.74) is 3.08. The van der Waals surface area contributed by atoms with Gasteiger partial charge in [0.2, 0.25) is 11.7 Å². The fourth-order valence-corrected chi connectivity index (χ4v) is 3.67. The molecule has 0 fully saturated rings. The minimum Gasteiger partial charge on any atom is -0.496 e. The second kappa shape index (κ2) is 8.97. The molecule has 0 bridgehead atoms. The van der Waals surface area contributed by atoms with Crippen LogP contribution in [0.2, 0.25) is 0 Å². The van der Waals surface area contributed by atoms with Crippen molar-refractivity contribution in [3.8, 4) is 22.8 Å². The average Bonchev–Trinajstić information content (AvgIpc) is 3.41. The van der Waals surface area contributed by atoms with E-state index in [1.807, 2.05) is 30.5 Å². The normalized spacial score (nSPS) is 10.7. The third-order valence-electron chi connectivity index (χ3n) is 4.41. The maximum Gasteiger partial charge on any atom is 0.261 e. The molecule has 9 heteroatoms. The number of aromatic nitrogens is 3. The van der Waals surface area contributed by atoms with Crippen molar-refractivity contribution in [3.63, 3.8) is 0 Å². The lowest BCUT2D eigenvalue weighted by atomic mass is 10.1. The second-order valence-electron chi connectivity index (χ2n) is 6.71. The van der Waals surface area contributed by atoms with Gasteiger partial charge in [-0.05, 0) is 31.2 Å². The molecule has 2 aromatic heterocycles. The van der Waals surface area contributed by atoms with Gasteiger partial charge in [0.05, 0.1) is 18.4 Å². The van der Waals surface area contributed by atoms with Crippen LogP contribution in [-0.2, 0) is 6.61 Å². The summed E-state index contributed by atoms with van der Waals surface area (Å²) < 4.78 is 16.1. The van der Waals surface area contributed by atoms with Gasteiger partial charge in [-0.15, -0.1) is 11.3 Å². The molecule has 0 saturated heterocycles. The Morgan fingerprint density at radius 1 is 1.13 bits per heavy atom. The standard InChI is InChI=1S/C22H20N4O4S/c1-13-8-9-18(28-3)16(10-13)17-12-31-22(24-17)25-21(27)15-6-4-5-7-19(15)29-11-20-23-14(2)30-26-20/h4-10,12H,11H2,1-3H3,(H,24,25,27). The molecule has 4 rings (SSSR count). The van der Waals surface area contributed by atoms with Crippen molar-refractivity contribution in [1.29, 1.82) is 0 Å². The van der Waals surface area contributed by atoms with Crippen LogP contribution in [0.4, 0.5) is 5.13 Å². The highest BCUT2D eigenvalue weighted by atomic mass is 32.1. The van der Waals surface area contributed by atoms with E-state index in [0.29, 0.717) is 28.2 Å². The van der Waals surface area contributed by atoms with Crippen molar-refractivity contribution >= 4 is 22.4 Å². The Morgan fingerprint density at radius 3 is 2.74 bits per heavy atom. The molecule has 1 amide bonds. The van der Waals surface area contributed by atoms with Gasteiger partial charge < -0.3 is 14.0 Å². The summed E-state index contributed by atoms with van der Waals surface area (Å²) in [7, 11) is 1.62. The van der Waals surface area contributed by atoms with E-state index in [1.54, 1.807) is 38.3 Å². The lowest BCUT2D eigenvalue weighted by molar-refractivity contribution is 0.102. The van der Waals surface area contributed by atoms with E-state index in [4.69, 9.17) is 14.0 Å². The molecule has 158 valence electrons. The molecule has 0 aliphatic heterocycles. The number of nitrogens with one attached hydrogen (secondary N) is 1. The van der Waals surface area contributed by atoms with Gasteiger partial charge >= 0.3 is 0 Å². The SMILES string of the molecule is COc1ccc(C)cc1-c1csc(NC(=O)c2ccccc2OCc2noc(C)n2)n1. The number of nitrogens with zero attached hydrogens (tertiary/aromatic N) is 3. The first kappa shape index (κ1) is 20.5. The van der Waals surface area contributed by atoms with Gasteiger partial charge in [0.25, 0.3) is 5.91 Å². The minimum absolute atomic E-state index is 0.0934. The van der Waals surface area contributed by atoms with Crippen LogP contribution in [0.1, 0.15) is 27.6 Å². The molecule has 0 atom stereocenters. The largest absolute Gasteiger partial charge is 0.496 e. The van der Waals surface area contributed by atoms with Crippen LogP contribution in [0.15, 0.2) is 52.4 Å². The number of thiazole rings is 1. The van der Waals surface area contributed by atoms with E-state index in [9.17, 15) is 4.79 Å². The first-order chi connectivity index (χ1) is 15.0. The highest BCUT2D eigenvalue weighted by Crippen LogP contribution is 2.33. The monoisotopic (exact) mass is 436 g/mol. The average molecular weight is 436 g/mol. The fraction of sp³-hybridized carbons (Fsp3) is 0.182. The molecule has 2 heterocycles. The van der Waals surface area contributed by atoms with Crippen LogP contribution in [-0.4, -0.2) is 28.1 Å². The molecule has 31 heavy (non-hydrogen) atoms. The zero-order chi connectivity index (χ0) is 21.8. The number of methoxy groups -OCH3 is 1. The minimum atomic E-state index is -0.322. The Labute approximate surface area is 182 Å². The van der Waals surface area contributed by atoms with Crippen LogP contribution >= 0.6 is 11.3 Å². The molecule has 0 saturated carbocycles.